The summed E-state index contributed by atoms with van der Waals surface area (Å²) in [6, 6.07) is 10.8. The standard InChI is InChI=1S/C17H20FN3O.HI/c1-11-6-12(2)8-14(7-11)21-17(19)20-10-13-4-5-16(22-3)15(18)9-13;/h4-9H,10H2,1-3H3,(H3,19,20,21);1H. The molecule has 0 aromatic heterocycles. The number of benzene rings is 2. The summed E-state index contributed by atoms with van der Waals surface area (Å²) in [5.74, 6) is 0.103. The zero-order chi connectivity index (χ0) is 16.1. The lowest BCUT2D eigenvalue weighted by atomic mass is 10.1. The summed E-state index contributed by atoms with van der Waals surface area (Å²) in [6.45, 7) is 4.34. The van der Waals surface area contributed by atoms with Gasteiger partial charge in [0.2, 0.25) is 0 Å². The van der Waals surface area contributed by atoms with Crippen LogP contribution in [-0.4, -0.2) is 13.1 Å². The quantitative estimate of drug-likeness (QED) is 0.439. The van der Waals surface area contributed by atoms with Crippen molar-refractivity contribution in [1.82, 2.24) is 0 Å². The Kier molecular flexibility index (Phi) is 7.28. The number of ether oxygens (including phenoxy) is 1. The Bertz CT molecular complexity index is 684. The van der Waals surface area contributed by atoms with E-state index in [2.05, 4.69) is 16.4 Å². The van der Waals surface area contributed by atoms with Crippen LogP contribution in [0.2, 0.25) is 0 Å². The van der Waals surface area contributed by atoms with Crippen LogP contribution < -0.4 is 15.8 Å². The van der Waals surface area contributed by atoms with Crippen molar-refractivity contribution in [2.24, 2.45) is 10.7 Å². The van der Waals surface area contributed by atoms with E-state index in [0.717, 1.165) is 22.4 Å². The fraction of sp³-hybridized carbons (Fsp3) is 0.235. The fourth-order valence-electron chi connectivity index (χ4n) is 2.22. The van der Waals surface area contributed by atoms with Gasteiger partial charge in [-0.2, -0.15) is 0 Å². The van der Waals surface area contributed by atoms with Crippen molar-refractivity contribution >= 4 is 35.6 Å². The smallest absolute Gasteiger partial charge is 0.193 e. The third-order valence-electron chi connectivity index (χ3n) is 3.14. The Morgan fingerprint density at radius 2 is 1.83 bits per heavy atom. The monoisotopic (exact) mass is 429 g/mol. The molecular weight excluding hydrogens is 408 g/mol. The second-order valence-corrected chi connectivity index (χ2v) is 5.17. The van der Waals surface area contributed by atoms with Crippen LogP contribution in [-0.2, 0) is 6.54 Å². The van der Waals surface area contributed by atoms with Gasteiger partial charge in [-0.15, -0.1) is 24.0 Å². The van der Waals surface area contributed by atoms with Crippen LogP contribution >= 0.6 is 24.0 Å². The second-order valence-electron chi connectivity index (χ2n) is 5.17. The van der Waals surface area contributed by atoms with E-state index in [9.17, 15) is 4.39 Å². The highest BCUT2D eigenvalue weighted by Crippen LogP contribution is 2.18. The van der Waals surface area contributed by atoms with Crippen molar-refractivity contribution in [2.75, 3.05) is 12.4 Å². The molecule has 0 atom stereocenters. The van der Waals surface area contributed by atoms with Crippen molar-refractivity contribution in [2.45, 2.75) is 20.4 Å². The first-order valence-electron chi connectivity index (χ1n) is 6.95. The molecule has 0 amide bonds. The van der Waals surface area contributed by atoms with Gasteiger partial charge in [0, 0.05) is 5.69 Å². The van der Waals surface area contributed by atoms with Crippen molar-refractivity contribution in [3.63, 3.8) is 0 Å². The van der Waals surface area contributed by atoms with Crippen LogP contribution in [0.1, 0.15) is 16.7 Å². The van der Waals surface area contributed by atoms with Crippen LogP contribution in [0.4, 0.5) is 10.1 Å². The molecule has 2 aromatic rings. The number of nitrogens with two attached hydrogens (primary N) is 1. The lowest BCUT2D eigenvalue weighted by molar-refractivity contribution is 0.386. The minimum Gasteiger partial charge on any atom is -0.494 e. The topological polar surface area (TPSA) is 59.6 Å². The first kappa shape index (κ1) is 19.2. The molecule has 0 radical (unpaired) electrons. The summed E-state index contributed by atoms with van der Waals surface area (Å²) in [7, 11) is 1.43. The predicted octanol–water partition coefficient (Wildman–Crippen LogP) is 4.00. The Balaban J connectivity index is 0.00000264. The highest BCUT2D eigenvalue weighted by atomic mass is 127. The molecule has 0 aliphatic carbocycles. The van der Waals surface area contributed by atoms with Gasteiger partial charge in [-0.25, -0.2) is 9.38 Å². The Labute approximate surface area is 153 Å². The van der Waals surface area contributed by atoms with Crippen LogP contribution in [0, 0.1) is 19.7 Å². The fourth-order valence-corrected chi connectivity index (χ4v) is 2.22. The summed E-state index contributed by atoms with van der Waals surface area (Å²) < 4.78 is 18.5. The predicted molar refractivity (Wildman–Crippen MR) is 103 cm³/mol. The van der Waals surface area contributed by atoms with Crippen LogP contribution in [0.3, 0.4) is 0 Å². The number of aryl methyl sites for hydroxylation is 2. The van der Waals surface area contributed by atoms with Crippen molar-refractivity contribution < 1.29 is 9.13 Å². The molecule has 6 heteroatoms. The van der Waals surface area contributed by atoms with Gasteiger partial charge in [0.05, 0.1) is 13.7 Å². The van der Waals surface area contributed by atoms with E-state index >= 15 is 0 Å². The van der Waals surface area contributed by atoms with Crippen LogP contribution in [0.15, 0.2) is 41.4 Å². The minimum atomic E-state index is -0.406. The molecule has 2 rings (SSSR count). The summed E-state index contributed by atoms with van der Waals surface area (Å²) in [5.41, 5.74) is 9.77. The number of hydrogen-bond donors (Lipinski definition) is 2. The van der Waals surface area contributed by atoms with E-state index in [1.165, 1.54) is 13.2 Å². The number of aliphatic imine (C=N–C) groups is 1. The number of nitrogens with one attached hydrogen (secondary N) is 1. The van der Waals surface area contributed by atoms with E-state index in [0.29, 0.717) is 12.5 Å². The van der Waals surface area contributed by atoms with Gasteiger partial charge in [-0.1, -0.05) is 12.1 Å². The molecular formula is C17H21FIN3O. The third-order valence-corrected chi connectivity index (χ3v) is 3.14. The van der Waals surface area contributed by atoms with E-state index in [-0.39, 0.29) is 29.7 Å². The van der Waals surface area contributed by atoms with Gasteiger partial charge < -0.3 is 15.8 Å². The number of halogens is 2. The summed E-state index contributed by atoms with van der Waals surface area (Å²) >= 11 is 0. The zero-order valence-electron chi connectivity index (χ0n) is 13.4. The molecule has 0 fully saturated rings. The Morgan fingerprint density at radius 1 is 1.17 bits per heavy atom. The van der Waals surface area contributed by atoms with Crippen molar-refractivity contribution in [1.29, 1.82) is 0 Å². The molecule has 23 heavy (non-hydrogen) atoms. The van der Waals surface area contributed by atoms with Crippen LogP contribution in [0.25, 0.3) is 0 Å². The maximum Gasteiger partial charge on any atom is 0.193 e. The van der Waals surface area contributed by atoms with Gasteiger partial charge >= 0.3 is 0 Å². The largest absolute Gasteiger partial charge is 0.494 e. The highest BCUT2D eigenvalue weighted by Gasteiger charge is 2.03. The average Bonchev–Trinajstić information content (AvgIpc) is 2.44. The molecule has 0 aliphatic rings. The van der Waals surface area contributed by atoms with E-state index in [1.807, 2.05) is 26.0 Å². The molecule has 3 N–H and O–H groups in total. The maximum absolute atomic E-state index is 13.6. The van der Waals surface area contributed by atoms with E-state index in [1.54, 1.807) is 12.1 Å². The van der Waals surface area contributed by atoms with Gasteiger partial charge in [0.25, 0.3) is 0 Å². The summed E-state index contributed by atoms with van der Waals surface area (Å²) in [5, 5.41) is 3.04. The SMILES string of the molecule is COc1ccc(CN=C(N)Nc2cc(C)cc(C)c2)cc1F.I. The van der Waals surface area contributed by atoms with Gasteiger partial charge in [0.1, 0.15) is 0 Å². The minimum absolute atomic E-state index is 0. The van der Waals surface area contributed by atoms with E-state index in [4.69, 9.17) is 10.5 Å². The average molecular weight is 429 g/mol. The number of methoxy groups -OCH3 is 1. The van der Waals surface area contributed by atoms with Crippen molar-refractivity contribution in [3.05, 3.63) is 58.9 Å². The lowest BCUT2D eigenvalue weighted by Gasteiger charge is -2.08. The number of hydrogen-bond acceptors (Lipinski definition) is 2. The number of guanidine groups is 1. The molecule has 0 saturated carbocycles. The third kappa shape index (κ3) is 5.70. The van der Waals surface area contributed by atoms with Gasteiger partial charge in [0.15, 0.2) is 17.5 Å². The first-order chi connectivity index (χ1) is 10.5. The van der Waals surface area contributed by atoms with Crippen molar-refractivity contribution in [3.8, 4) is 5.75 Å². The number of nitrogens with zero attached hydrogens (tertiary/aromatic N) is 1. The maximum atomic E-state index is 13.6. The highest BCUT2D eigenvalue weighted by molar-refractivity contribution is 14.0. The Morgan fingerprint density at radius 3 is 2.39 bits per heavy atom. The van der Waals surface area contributed by atoms with Gasteiger partial charge in [-0.3, -0.25) is 0 Å². The van der Waals surface area contributed by atoms with Gasteiger partial charge in [-0.05, 0) is 54.8 Å². The normalized spacial score (nSPS) is 10.9. The molecule has 0 unspecified atom stereocenters. The summed E-state index contributed by atoms with van der Waals surface area (Å²) in [4.78, 5) is 4.22. The lowest BCUT2D eigenvalue weighted by Crippen LogP contribution is -2.22. The first-order valence-corrected chi connectivity index (χ1v) is 6.95. The zero-order valence-corrected chi connectivity index (χ0v) is 15.7. The number of rotatable bonds is 4. The summed E-state index contributed by atoms with van der Waals surface area (Å²) in [6.07, 6.45) is 0. The van der Waals surface area contributed by atoms with E-state index < -0.39 is 5.82 Å². The molecule has 0 heterocycles. The molecule has 2 aromatic carbocycles. The molecule has 0 bridgehead atoms. The second kappa shape index (κ2) is 8.71. The Hall–Kier alpha value is -1.83. The van der Waals surface area contributed by atoms with Crippen LogP contribution in [0.5, 0.6) is 5.75 Å². The molecule has 4 nitrogen and oxygen atoms in total. The molecule has 0 saturated heterocycles. The molecule has 0 aliphatic heterocycles. The number of anilines is 1. The molecule has 0 spiro atoms. The molecule has 124 valence electrons.